The molecule has 2 aromatic heterocycles. The van der Waals surface area contributed by atoms with Gasteiger partial charge in [0.25, 0.3) is 0 Å². The summed E-state index contributed by atoms with van der Waals surface area (Å²) in [5.41, 5.74) is 4.98. The van der Waals surface area contributed by atoms with Gasteiger partial charge in [-0.3, -0.25) is 0 Å². The van der Waals surface area contributed by atoms with Crippen molar-refractivity contribution in [3.05, 3.63) is 182 Å². The minimum Gasteiger partial charge on any atom is -0.455 e. The van der Waals surface area contributed by atoms with E-state index < -0.39 is 24.2 Å². The van der Waals surface area contributed by atoms with Crippen molar-refractivity contribution in [1.82, 2.24) is 0 Å². The van der Waals surface area contributed by atoms with E-state index in [1.54, 1.807) is 24.3 Å². The maximum absolute atomic E-state index is 9.64. The number of rotatable bonds is 4. The van der Waals surface area contributed by atoms with Gasteiger partial charge in [0.2, 0.25) is 0 Å². The summed E-state index contributed by atoms with van der Waals surface area (Å²) in [7, 11) is 0. The van der Waals surface area contributed by atoms with Crippen molar-refractivity contribution in [1.29, 1.82) is 0 Å². The zero-order valence-corrected chi connectivity index (χ0v) is 27.5. The van der Waals surface area contributed by atoms with Gasteiger partial charge in [-0.2, -0.15) is 0 Å². The molecule has 11 rings (SSSR count). The molecular weight excluding hydrogens is 633 g/mol. The molecule has 0 saturated heterocycles. The molecule has 0 unspecified atom stereocenters. The van der Waals surface area contributed by atoms with Gasteiger partial charge in [-0.1, -0.05) is 164 Å². The Bertz CT molecular complexity index is 3550. The molecule has 0 saturated carbocycles. The molecule has 52 heavy (non-hydrogen) atoms. The normalized spacial score (nSPS) is 14.0. The lowest BCUT2D eigenvalue weighted by Gasteiger charge is -2.18. The second-order valence-electron chi connectivity index (χ2n) is 13.0. The van der Waals surface area contributed by atoms with Crippen molar-refractivity contribution in [3.63, 3.8) is 0 Å². The predicted molar refractivity (Wildman–Crippen MR) is 218 cm³/mol. The zero-order valence-electron chi connectivity index (χ0n) is 35.5. The quantitative estimate of drug-likeness (QED) is 0.174. The van der Waals surface area contributed by atoms with E-state index in [2.05, 4.69) is 6.07 Å². The summed E-state index contributed by atoms with van der Waals surface area (Å²) < 4.78 is 88.1. The first-order valence-corrected chi connectivity index (χ1v) is 17.1. The van der Waals surface area contributed by atoms with Gasteiger partial charge in [-0.05, 0) is 67.2 Å². The molecule has 0 aliphatic heterocycles. The lowest BCUT2D eigenvalue weighted by molar-refractivity contribution is 0.630. The Labute approximate surface area is 311 Å². The van der Waals surface area contributed by atoms with Gasteiger partial charge in [-0.15, -0.1) is 0 Å². The van der Waals surface area contributed by atoms with Crippen molar-refractivity contribution in [2.24, 2.45) is 0 Å². The van der Waals surface area contributed by atoms with E-state index in [0.717, 1.165) is 32.8 Å². The Morgan fingerprint density at radius 2 is 0.904 bits per heavy atom. The fraction of sp³-hybridized carbons (Fsp3) is 0. The second-order valence-corrected chi connectivity index (χ2v) is 13.0. The van der Waals surface area contributed by atoms with E-state index in [0.29, 0.717) is 44.4 Å². The maximum atomic E-state index is 9.64. The van der Waals surface area contributed by atoms with Crippen molar-refractivity contribution in [3.8, 4) is 44.7 Å². The van der Waals surface area contributed by atoms with Crippen LogP contribution in [0.4, 0.5) is 0 Å². The van der Waals surface area contributed by atoms with Crippen LogP contribution < -0.4 is 0 Å². The molecule has 0 atom stereocenters. The fourth-order valence-corrected chi connectivity index (χ4v) is 7.83. The van der Waals surface area contributed by atoms with Crippen LogP contribution in [0.5, 0.6) is 0 Å². The summed E-state index contributed by atoms with van der Waals surface area (Å²) in [6.45, 7) is 0. The molecular formula is C50H30O2. The molecule has 11 aromatic rings. The highest BCUT2D eigenvalue weighted by molar-refractivity contribution is 6.29. The molecule has 2 nitrogen and oxygen atoms in total. The molecule has 0 radical (unpaired) electrons. The highest BCUT2D eigenvalue weighted by Gasteiger charge is 2.28. The Kier molecular flexibility index (Phi) is 4.79. The average Bonchev–Trinajstić information content (AvgIpc) is 3.86. The second kappa shape index (κ2) is 11.3. The third kappa shape index (κ3) is 4.25. The molecule has 0 bridgehead atoms. The Morgan fingerprint density at radius 3 is 1.60 bits per heavy atom. The van der Waals surface area contributed by atoms with Gasteiger partial charge in [0.15, 0.2) is 0 Å². The molecule has 0 N–H and O–H groups in total. The van der Waals surface area contributed by atoms with E-state index in [-0.39, 0.29) is 56.8 Å². The number of hydrogen-bond acceptors (Lipinski definition) is 2. The van der Waals surface area contributed by atoms with E-state index in [1.165, 1.54) is 0 Å². The Balaban J connectivity index is 1.45. The minimum absolute atomic E-state index is 0.0801. The lowest BCUT2D eigenvalue weighted by atomic mass is 9.85. The van der Waals surface area contributed by atoms with E-state index >= 15 is 0 Å². The predicted octanol–water partition coefficient (Wildman–Crippen LogP) is 14.5. The molecule has 0 spiro atoms. The monoisotopic (exact) mass is 670 g/mol. The zero-order chi connectivity index (χ0) is 41.1. The first kappa shape index (κ1) is 22.0. The topological polar surface area (TPSA) is 26.3 Å². The smallest absolute Gasteiger partial charge is 0.147 e. The van der Waals surface area contributed by atoms with Crippen LogP contribution in [0.1, 0.15) is 11.0 Å². The van der Waals surface area contributed by atoms with Gasteiger partial charge < -0.3 is 8.83 Å². The number of furan rings is 2. The van der Waals surface area contributed by atoms with E-state index in [1.807, 2.05) is 103 Å². The summed E-state index contributed by atoms with van der Waals surface area (Å²) >= 11 is 0. The summed E-state index contributed by atoms with van der Waals surface area (Å²) in [4.78, 5) is 0. The van der Waals surface area contributed by atoms with Gasteiger partial charge >= 0.3 is 0 Å². The summed E-state index contributed by atoms with van der Waals surface area (Å²) in [6, 6.07) is 39.4. The Morgan fingerprint density at radius 1 is 0.346 bits per heavy atom. The number of para-hydroxylation sites is 1. The van der Waals surface area contributed by atoms with Crippen molar-refractivity contribution >= 4 is 65.2 Å². The molecule has 0 aliphatic carbocycles. The van der Waals surface area contributed by atoms with Gasteiger partial charge in [0.05, 0.1) is 16.5 Å². The number of benzene rings is 9. The SMILES string of the molecule is [2H]c1c([2H])c([2H])c2c(-c3c4oc(-c5ccc6ccccc6c5)c(-c5ccccc5)c4cc4c3oc3ccccc34)c3c([2H])c([2H])c([2H])c([2H])c3c(-c3ccccc3)c2c1[2H]. The van der Waals surface area contributed by atoms with Gasteiger partial charge in [0, 0.05) is 32.8 Å². The van der Waals surface area contributed by atoms with Crippen LogP contribution >= 0.6 is 0 Å². The van der Waals surface area contributed by atoms with Gasteiger partial charge in [0.1, 0.15) is 22.5 Å². The van der Waals surface area contributed by atoms with Crippen LogP contribution in [0.2, 0.25) is 0 Å². The molecule has 9 aromatic carbocycles. The highest BCUT2D eigenvalue weighted by atomic mass is 16.3. The first-order chi connectivity index (χ1) is 29.1. The molecule has 2 heterocycles. The fourth-order valence-electron chi connectivity index (χ4n) is 7.83. The number of hydrogen-bond donors (Lipinski definition) is 0. The van der Waals surface area contributed by atoms with Crippen LogP contribution in [0, 0.1) is 0 Å². The van der Waals surface area contributed by atoms with Gasteiger partial charge in [-0.25, -0.2) is 0 Å². The Hall–Kier alpha value is -6.90. The third-order valence-electron chi connectivity index (χ3n) is 10.1. The summed E-state index contributed by atoms with van der Waals surface area (Å²) in [5, 5.41) is 4.64. The van der Waals surface area contributed by atoms with E-state index in [4.69, 9.17) is 14.3 Å². The van der Waals surface area contributed by atoms with Crippen LogP contribution in [0.15, 0.2) is 191 Å². The van der Waals surface area contributed by atoms with Crippen LogP contribution in [0.25, 0.3) is 110 Å². The summed E-state index contributed by atoms with van der Waals surface area (Å²) in [5.74, 6) is 0.554. The van der Waals surface area contributed by atoms with Crippen molar-refractivity contribution in [2.75, 3.05) is 0 Å². The van der Waals surface area contributed by atoms with E-state index in [9.17, 15) is 5.48 Å². The number of fused-ring (bicyclic) bond motifs is 7. The van der Waals surface area contributed by atoms with Crippen molar-refractivity contribution in [2.45, 2.75) is 0 Å². The average molecular weight is 671 g/mol. The molecule has 0 amide bonds. The lowest BCUT2D eigenvalue weighted by Crippen LogP contribution is -1.91. The molecule has 2 heteroatoms. The molecule has 0 aliphatic rings. The standard InChI is InChI=1S/C50H30O2/c1-3-16-32(17-4-1)44-37-22-9-11-24-39(37)46(40-25-12-10-23-38(40)44)47-49-41(36-21-13-14-26-43(36)51-49)30-42-45(33-18-5-2-6-19-33)48(52-50(42)47)35-28-27-31-15-7-8-20-34(31)29-35/h1-30H/i9D,10D,11D,12D,22D,23D,24D,25D. The summed E-state index contributed by atoms with van der Waals surface area (Å²) in [6.07, 6.45) is 0. The van der Waals surface area contributed by atoms with Crippen LogP contribution in [-0.4, -0.2) is 0 Å². The van der Waals surface area contributed by atoms with Crippen molar-refractivity contribution < 1.29 is 19.8 Å². The first-order valence-electron chi connectivity index (χ1n) is 21.1. The maximum Gasteiger partial charge on any atom is 0.147 e. The largest absolute Gasteiger partial charge is 0.455 e. The highest BCUT2D eigenvalue weighted by Crippen LogP contribution is 2.52. The minimum atomic E-state index is -0.484. The van der Waals surface area contributed by atoms with Crippen LogP contribution in [0.3, 0.4) is 0 Å². The van der Waals surface area contributed by atoms with Crippen LogP contribution in [-0.2, 0) is 0 Å². The molecule has 242 valence electrons. The molecule has 0 fully saturated rings. The third-order valence-corrected chi connectivity index (χ3v) is 10.1.